The number of aryl methyl sites for hydroxylation is 1. The van der Waals surface area contributed by atoms with Gasteiger partial charge in [0.05, 0.1) is 5.56 Å². The molecule has 0 saturated carbocycles. The van der Waals surface area contributed by atoms with Gasteiger partial charge in [-0.25, -0.2) is 9.37 Å². The number of rotatable bonds is 0. The number of aromatic nitrogens is 1. The van der Waals surface area contributed by atoms with Gasteiger partial charge in [0.1, 0.15) is 6.07 Å². The average Bonchev–Trinajstić information content (AvgIpc) is 2.54. The number of nitrogens with zero attached hydrogens (tertiary/aromatic N) is 2. The summed E-state index contributed by atoms with van der Waals surface area (Å²) in [5.74, 6) is -0.676. The first-order valence-electron chi connectivity index (χ1n) is 4.01. The lowest BCUT2D eigenvalue weighted by atomic mass is 10.1. The molecule has 4 heteroatoms. The number of halogens is 2. The molecule has 0 unspecified atom stereocenters. The molecule has 0 bridgehead atoms. The summed E-state index contributed by atoms with van der Waals surface area (Å²) >= 11 is 5.54. The molecule has 1 aliphatic carbocycles. The molecule has 1 aromatic rings. The predicted molar refractivity (Wildman–Crippen MR) is 45.9 cm³/mol. The largest absolute Gasteiger partial charge is 0.238 e. The molecule has 1 aromatic heterocycles. The van der Waals surface area contributed by atoms with Crippen molar-refractivity contribution in [1.82, 2.24) is 4.98 Å². The number of nitriles is 1. The van der Waals surface area contributed by atoms with Gasteiger partial charge in [0, 0.05) is 5.69 Å². The highest BCUT2D eigenvalue weighted by Gasteiger charge is 2.22. The van der Waals surface area contributed by atoms with E-state index >= 15 is 0 Å². The Morgan fingerprint density at radius 1 is 1.46 bits per heavy atom. The monoisotopic (exact) mass is 196 g/mol. The summed E-state index contributed by atoms with van der Waals surface area (Å²) in [5, 5.41) is 8.55. The topological polar surface area (TPSA) is 36.7 Å². The molecule has 0 atom stereocenters. The fourth-order valence-electron chi connectivity index (χ4n) is 1.64. The van der Waals surface area contributed by atoms with Gasteiger partial charge in [0.25, 0.3) is 0 Å². The van der Waals surface area contributed by atoms with Gasteiger partial charge >= 0.3 is 0 Å². The van der Waals surface area contributed by atoms with Crippen molar-refractivity contribution in [3.8, 4) is 6.07 Å². The summed E-state index contributed by atoms with van der Waals surface area (Å²) in [7, 11) is 0. The number of fused-ring (bicyclic) bond motifs is 1. The van der Waals surface area contributed by atoms with E-state index in [-0.39, 0.29) is 10.7 Å². The standard InChI is InChI=1S/C9H6ClFN2/c10-9-8(11)6(4-12)5-2-1-3-7(5)13-9/h1-3H2. The Morgan fingerprint density at radius 3 is 2.92 bits per heavy atom. The summed E-state index contributed by atoms with van der Waals surface area (Å²) in [4.78, 5) is 3.90. The van der Waals surface area contributed by atoms with Gasteiger partial charge in [-0.15, -0.1) is 0 Å². The Labute approximate surface area is 80.0 Å². The molecule has 0 aromatic carbocycles. The minimum Gasteiger partial charge on any atom is -0.238 e. The first-order chi connectivity index (χ1) is 6.24. The van der Waals surface area contributed by atoms with Crippen molar-refractivity contribution in [2.45, 2.75) is 19.3 Å². The van der Waals surface area contributed by atoms with Crippen LogP contribution >= 0.6 is 11.6 Å². The Hall–Kier alpha value is -1.14. The first-order valence-corrected chi connectivity index (χ1v) is 4.38. The van der Waals surface area contributed by atoms with Crippen LogP contribution < -0.4 is 0 Å². The van der Waals surface area contributed by atoms with Crippen molar-refractivity contribution in [3.63, 3.8) is 0 Å². The second kappa shape index (κ2) is 2.97. The molecule has 0 spiro atoms. The van der Waals surface area contributed by atoms with Crippen LogP contribution in [0.1, 0.15) is 23.2 Å². The second-order valence-corrected chi connectivity index (χ2v) is 3.34. The zero-order chi connectivity index (χ0) is 9.42. The third-order valence-electron chi connectivity index (χ3n) is 2.24. The van der Waals surface area contributed by atoms with Crippen molar-refractivity contribution in [3.05, 3.63) is 27.8 Å². The maximum atomic E-state index is 13.2. The van der Waals surface area contributed by atoms with Crippen molar-refractivity contribution in [2.24, 2.45) is 0 Å². The van der Waals surface area contributed by atoms with E-state index in [1.165, 1.54) is 0 Å². The molecule has 2 rings (SSSR count). The molecule has 0 fully saturated rings. The SMILES string of the molecule is N#Cc1c(F)c(Cl)nc2c1CCC2. The van der Waals surface area contributed by atoms with Crippen LogP contribution in [0.15, 0.2) is 0 Å². The molecule has 0 radical (unpaired) electrons. The Balaban J connectivity index is 2.73. The van der Waals surface area contributed by atoms with Crippen LogP contribution in [-0.2, 0) is 12.8 Å². The van der Waals surface area contributed by atoms with Crippen LogP contribution in [0.5, 0.6) is 0 Å². The summed E-state index contributed by atoms with van der Waals surface area (Å²) in [6.07, 6.45) is 2.46. The lowest BCUT2D eigenvalue weighted by Crippen LogP contribution is -1.98. The molecular weight excluding hydrogens is 191 g/mol. The van der Waals surface area contributed by atoms with Gasteiger partial charge in [-0.3, -0.25) is 0 Å². The highest BCUT2D eigenvalue weighted by molar-refractivity contribution is 6.29. The minimum absolute atomic E-state index is 0.0764. The van der Waals surface area contributed by atoms with E-state index in [0.717, 1.165) is 30.5 Å². The highest BCUT2D eigenvalue weighted by atomic mass is 35.5. The normalized spacial score (nSPS) is 13.9. The van der Waals surface area contributed by atoms with E-state index in [1.54, 1.807) is 0 Å². The average molecular weight is 197 g/mol. The Kier molecular flexibility index (Phi) is 1.93. The number of pyridine rings is 1. The molecule has 0 saturated heterocycles. The molecule has 2 nitrogen and oxygen atoms in total. The van der Waals surface area contributed by atoms with E-state index in [2.05, 4.69) is 4.98 Å². The second-order valence-electron chi connectivity index (χ2n) is 2.98. The number of hydrogen-bond acceptors (Lipinski definition) is 2. The molecule has 0 aliphatic heterocycles. The van der Waals surface area contributed by atoms with Crippen LogP contribution in [0.3, 0.4) is 0 Å². The lowest BCUT2D eigenvalue weighted by molar-refractivity contribution is 0.615. The van der Waals surface area contributed by atoms with Gasteiger partial charge in [0.2, 0.25) is 0 Å². The van der Waals surface area contributed by atoms with Crippen molar-refractivity contribution < 1.29 is 4.39 Å². The minimum atomic E-state index is -0.676. The summed E-state index contributed by atoms with van der Waals surface area (Å²) < 4.78 is 13.2. The zero-order valence-corrected chi connectivity index (χ0v) is 7.53. The maximum absolute atomic E-state index is 13.2. The van der Waals surface area contributed by atoms with E-state index < -0.39 is 5.82 Å². The van der Waals surface area contributed by atoms with Crippen LogP contribution in [-0.4, -0.2) is 4.98 Å². The quantitative estimate of drug-likeness (QED) is 0.597. The van der Waals surface area contributed by atoms with Crippen LogP contribution in [0.25, 0.3) is 0 Å². The first kappa shape index (κ1) is 8.46. The zero-order valence-electron chi connectivity index (χ0n) is 6.77. The van der Waals surface area contributed by atoms with Crippen molar-refractivity contribution in [2.75, 3.05) is 0 Å². The smallest absolute Gasteiger partial charge is 0.178 e. The molecule has 1 heterocycles. The fraction of sp³-hybridized carbons (Fsp3) is 0.333. The Bertz CT molecular complexity index is 409. The van der Waals surface area contributed by atoms with Gasteiger partial charge in [0.15, 0.2) is 11.0 Å². The predicted octanol–water partition coefficient (Wildman–Crippen LogP) is 2.23. The summed E-state index contributed by atoms with van der Waals surface area (Å²) in [6, 6.07) is 1.84. The molecular formula is C9H6ClFN2. The molecule has 13 heavy (non-hydrogen) atoms. The van der Waals surface area contributed by atoms with Crippen molar-refractivity contribution >= 4 is 11.6 Å². The number of hydrogen-bond donors (Lipinski definition) is 0. The summed E-state index contributed by atoms with van der Waals surface area (Å²) in [5.41, 5.74) is 1.60. The van der Waals surface area contributed by atoms with Gasteiger partial charge in [-0.1, -0.05) is 11.6 Å². The summed E-state index contributed by atoms with van der Waals surface area (Å²) in [6.45, 7) is 0. The van der Waals surface area contributed by atoms with Crippen LogP contribution in [0.4, 0.5) is 4.39 Å². The lowest BCUT2D eigenvalue weighted by Gasteiger charge is -2.03. The van der Waals surface area contributed by atoms with Gasteiger partial charge in [-0.2, -0.15) is 5.26 Å². The van der Waals surface area contributed by atoms with E-state index in [9.17, 15) is 4.39 Å². The fourth-order valence-corrected chi connectivity index (χ4v) is 1.84. The molecule has 1 aliphatic rings. The van der Waals surface area contributed by atoms with Gasteiger partial charge < -0.3 is 0 Å². The van der Waals surface area contributed by atoms with E-state index in [4.69, 9.17) is 16.9 Å². The highest BCUT2D eigenvalue weighted by Crippen LogP contribution is 2.28. The molecule has 0 amide bonds. The Morgan fingerprint density at radius 2 is 2.23 bits per heavy atom. The van der Waals surface area contributed by atoms with Crippen LogP contribution in [0, 0.1) is 17.1 Å². The van der Waals surface area contributed by atoms with Crippen molar-refractivity contribution in [1.29, 1.82) is 5.26 Å². The van der Waals surface area contributed by atoms with Gasteiger partial charge in [-0.05, 0) is 24.8 Å². The molecule has 66 valence electrons. The van der Waals surface area contributed by atoms with Crippen LogP contribution in [0.2, 0.25) is 5.15 Å². The third-order valence-corrected chi connectivity index (χ3v) is 2.49. The molecule has 0 N–H and O–H groups in total. The van der Waals surface area contributed by atoms with E-state index in [1.807, 2.05) is 6.07 Å². The van der Waals surface area contributed by atoms with E-state index in [0.29, 0.717) is 0 Å². The third kappa shape index (κ3) is 1.18. The maximum Gasteiger partial charge on any atom is 0.178 e.